The smallest absolute Gasteiger partial charge is 0.152 e. The van der Waals surface area contributed by atoms with Crippen LogP contribution in [0.4, 0.5) is 0 Å². The Bertz CT molecular complexity index is 212. The summed E-state index contributed by atoms with van der Waals surface area (Å²) in [7, 11) is 0. The molecule has 2 aliphatic rings. The Morgan fingerprint density at radius 1 is 1.14 bits per heavy atom. The van der Waals surface area contributed by atoms with E-state index in [2.05, 4.69) is 4.90 Å². The van der Waals surface area contributed by atoms with Crippen molar-refractivity contribution >= 4 is 5.78 Å². The first-order valence-electron chi connectivity index (χ1n) is 6.08. The molecule has 0 atom stereocenters. The van der Waals surface area contributed by atoms with Crippen molar-refractivity contribution in [1.29, 1.82) is 0 Å². The van der Waals surface area contributed by atoms with Crippen LogP contribution in [0.5, 0.6) is 0 Å². The van der Waals surface area contributed by atoms with Gasteiger partial charge in [-0.25, -0.2) is 0 Å². The van der Waals surface area contributed by atoms with Gasteiger partial charge in [-0.2, -0.15) is 0 Å². The molecule has 0 N–H and O–H groups in total. The van der Waals surface area contributed by atoms with Gasteiger partial charge in [0.2, 0.25) is 0 Å². The lowest BCUT2D eigenvalue weighted by Gasteiger charge is -2.37. The van der Waals surface area contributed by atoms with Crippen molar-refractivity contribution < 1.29 is 4.79 Å². The highest BCUT2D eigenvalue weighted by molar-refractivity contribution is 5.88. The van der Waals surface area contributed by atoms with Gasteiger partial charge in [-0.05, 0) is 38.8 Å². The molecule has 14 heavy (non-hydrogen) atoms. The van der Waals surface area contributed by atoms with Crippen LogP contribution < -0.4 is 0 Å². The number of nitrogens with zero attached hydrogens (tertiary/aromatic N) is 1. The summed E-state index contributed by atoms with van der Waals surface area (Å²) in [5.74, 6) is 0.497. The van der Waals surface area contributed by atoms with Gasteiger partial charge in [0.15, 0.2) is 5.78 Å². The van der Waals surface area contributed by atoms with Gasteiger partial charge in [-0.15, -0.1) is 0 Å². The van der Waals surface area contributed by atoms with Crippen LogP contribution >= 0.6 is 0 Å². The standard InChI is InChI=1S/C12H21NO/c1-2-11(14)12(7-3-4-8-12)13-9-5-6-10-13/h2-10H2,1H3. The first-order valence-corrected chi connectivity index (χ1v) is 6.08. The number of hydrogen-bond acceptors (Lipinski definition) is 2. The van der Waals surface area contributed by atoms with Crippen LogP contribution in [-0.2, 0) is 4.79 Å². The van der Waals surface area contributed by atoms with Gasteiger partial charge in [0.25, 0.3) is 0 Å². The van der Waals surface area contributed by atoms with Crippen molar-refractivity contribution in [2.45, 2.75) is 57.4 Å². The highest BCUT2D eigenvalue weighted by Gasteiger charge is 2.45. The molecule has 0 spiro atoms. The molecule has 80 valence electrons. The van der Waals surface area contributed by atoms with Crippen molar-refractivity contribution in [1.82, 2.24) is 4.90 Å². The van der Waals surface area contributed by atoms with Gasteiger partial charge in [-0.1, -0.05) is 19.8 Å². The zero-order valence-corrected chi connectivity index (χ0v) is 9.22. The highest BCUT2D eigenvalue weighted by Crippen LogP contribution is 2.38. The largest absolute Gasteiger partial charge is 0.298 e. The van der Waals surface area contributed by atoms with Crippen molar-refractivity contribution in [3.05, 3.63) is 0 Å². The van der Waals surface area contributed by atoms with Crippen LogP contribution in [0.15, 0.2) is 0 Å². The fraction of sp³-hybridized carbons (Fsp3) is 0.917. The molecule has 2 fully saturated rings. The molecule has 1 saturated heterocycles. The van der Waals surface area contributed by atoms with E-state index in [0.717, 1.165) is 32.4 Å². The molecule has 1 saturated carbocycles. The van der Waals surface area contributed by atoms with E-state index in [1.165, 1.54) is 25.7 Å². The van der Waals surface area contributed by atoms with E-state index in [-0.39, 0.29) is 5.54 Å². The molecule has 2 heteroatoms. The minimum absolute atomic E-state index is 0.0226. The lowest BCUT2D eigenvalue weighted by atomic mass is 9.88. The van der Waals surface area contributed by atoms with E-state index >= 15 is 0 Å². The van der Waals surface area contributed by atoms with Crippen LogP contribution in [-0.4, -0.2) is 29.3 Å². The fourth-order valence-corrected chi connectivity index (χ4v) is 3.21. The van der Waals surface area contributed by atoms with Gasteiger partial charge >= 0.3 is 0 Å². The van der Waals surface area contributed by atoms with E-state index in [1.54, 1.807) is 0 Å². The van der Waals surface area contributed by atoms with Crippen molar-refractivity contribution in [3.8, 4) is 0 Å². The van der Waals surface area contributed by atoms with E-state index in [1.807, 2.05) is 6.92 Å². The summed E-state index contributed by atoms with van der Waals surface area (Å²) in [6.45, 7) is 4.33. The number of Topliss-reactive ketones (excluding diaryl/α,β-unsaturated/α-hetero) is 1. The molecule has 0 unspecified atom stereocenters. The second-order valence-electron chi connectivity index (χ2n) is 4.71. The number of hydrogen-bond donors (Lipinski definition) is 0. The third-order valence-corrected chi connectivity index (χ3v) is 3.98. The molecule has 1 aliphatic carbocycles. The summed E-state index contributed by atoms with van der Waals surface area (Å²) in [5.41, 5.74) is -0.0226. The molecular weight excluding hydrogens is 174 g/mol. The normalized spacial score (nSPS) is 26.9. The summed E-state index contributed by atoms with van der Waals surface area (Å²) >= 11 is 0. The SMILES string of the molecule is CCC(=O)C1(N2CCCC2)CCCC1. The van der Waals surface area contributed by atoms with E-state index in [9.17, 15) is 4.79 Å². The Kier molecular flexibility index (Phi) is 2.91. The van der Waals surface area contributed by atoms with Crippen LogP contribution in [0.25, 0.3) is 0 Å². The Morgan fingerprint density at radius 3 is 2.21 bits per heavy atom. The molecule has 1 heterocycles. The predicted octanol–water partition coefficient (Wildman–Crippen LogP) is 2.37. The summed E-state index contributed by atoms with van der Waals surface area (Å²) in [6, 6.07) is 0. The molecule has 0 amide bonds. The zero-order valence-electron chi connectivity index (χ0n) is 9.22. The summed E-state index contributed by atoms with van der Waals surface area (Å²) in [5, 5.41) is 0. The van der Waals surface area contributed by atoms with Gasteiger partial charge in [0, 0.05) is 6.42 Å². The first kappa shape index (κ1) is 10.2. The van der Waals surface area contributed by atoms with Gasteiger partial charge in [0.05, 0.1) is 5.54 Å². The van der Waals surface area contributed by atoms with E-state index in [4.69, 9.17) is 0 Å². The minimum Gasteiger partial charge on any atom is -0.298 e. The zero-order chi connectivity index (χ0) is 10.0. The monoisotopic (exact) mass is 195 g/mol. The average molecular weight is 195 g/mol. The van der Waals surface area contributed by atoms with Crippen LogP contribution in [0, 0.1) is 0 Å². The maximum Gasteiger partial charge on any atom is 0.152 e. The Labute approximate surface area is 86.7 Å². The molecule has 2 nitrogen and oxygen atoms in total. The van der Waals surface area contributed by atoms with E-state index < -0.39 is 0 Å². The topological polar surface area (TPSA) is 20.3 Å². The van der Waals surface area contributed by atoms with Crippen molar-refractivity contribution in [3.63, 3.8) is 0 Å². The lowest BCUT2D eigenvalue weighted by Crippen LogP contribution is -2.51. The lowest BCUT2D eigenvalue weighted by molar-refractivity contribution is -0.130. The Balaban J connectivity index is 2.16. The minimum atomic E-state index is -0.0226. The van der Waals surface area contributed by atoms with Gasteiger partial charge in [0.1, 0.15) is 0 Å². The van der Waals surface area contributed by atoms with Crippen LogP contribution in [0.1, 0.15) is 51.9 Å². The number of carbonyl (C=O) groups is 1. The third kappa shape index (κ3) is 1.50. The van der Waals surface area contributed by atoms with Crippen LogP contribution in [0.2, 0.25) is 0 Å². The first-order chi connectivity index (χ1) is 6.79. The molecule has 0 bridgehead atoms. The second-order valence-corrected chi connectivity index (χ2v) is 4.71. The number of ketones is 1. The maximum atomic E-state index is 12.1. The van der Waals surface area contributed by atoms with Crippen molar-refractivity contribution in [2.24, 2.45) is 0 Å². The average Bonchev–Trinajstić information content (AvgIpc) is 2.86. The summed E-state index contributed by atoms with van der Waals surface area (Å²) in [4.78, 5) is 14.6. The third-order valence-electron chi connectivity index (χ3n) is 3.98. The van der Waals surface area contributed by atoms with E-state index in [0.29, 0.717) is 5.78 Å². The quantitative estimate of drug-likeness (QED) is 0.689. The number of carbonyl (C=O) groups excluding carboxylic acids is 1. The van der Waals surface area contributed by atoms with Crippen molar-refractivity contribution in [2.75, 3.05) is 13.1 Å². The number of likely N-dealkylation sites (tertiary alicyclic amines) is 1. The van der Waals surface area contributed by atoms with Gasteiger partial charge in [-0.3, -0.25) is 9.69 Å². The molecule has 0 aromatic heterocycles. The molecular formula is C12H21NO. The molecule has 0 radical (unpaired) electrons. The highest BCUT2D eigenvalue weighted by atomic mass is 16.1. The number of rotatable bonds is 3. The molecule has 0 aromatic carbocycles. The maximum absolute atomic E-state index is 12.1. The Morgan fingerprint density at radius 2 is 1.71 bits per heavy atom. The second kappa shape index (κ2) is 4.01. The molecule has 0 aromatic rings. The molecule has 1 aliphatic heterocycles. The predicted molar refractivity (Wildman–Crippen MR) is 57.3 cm³/mol. The van der Waals surface area contributed by atoms with Crippen LogP contribution in [0.3, 0.4) is 0 Å². The van der Waals surface area contributed by atoms with Gasteiger partial charge < -0.3 is 0 Å². The summed E-state index contributed by atoms with van der Waals surface area (Å²) < 4.78 is 0. The fourth-order valence-electron chi connectivity index (χ4n) is 3.21. The summed E-state index contributed by atoms with van der Waals surface area (Å²) in [6.07, 6.45) is 8.05. The Hall–Kier alpha value is -0.370. The molecule has 2 rings (SSSR count).